The molecule has 156 valence electrons. The zero-order valence-corrected chi connectivity index (χ0v) is 16.2. The summed E-state index contributed by atoms with van der Waals surface area (Å²) in [5.41, 5.74) is -1.27. The first-order valence-corrected chi connectivity index (χ1v) is 9.83. The van der Waals surface area contributed by atoms with Gasteiger partial charge in [-0.1, -0.05) is 17.3 Å². The second-order valence-electron chi connectivity index (χ2n) is 6.55. The van der Waals surface area contributed by atoms with Crippen LogP contribution in [-0.2, 0) is 11.0 Å². The molecule has 12 heteroatoms. The summed E-state index contributed by atoms with van der Waals surface area (Å²) in [5, 5.41) is 12.2. The van der Waals surface area contributed by atoms with Crippen LogP contribution in [0.15, 0.2) is 42.0 Å². The molecule has 0 bridgehead atoms. The third-order valence-corrected chi connectivity index (χ3v) is 5.34. The summed E-state index contributed by atoms with van der Waals surface area (Å²) in [7, 11) is 0. The summed E-state index contributed by atoms with van der Waals surface area (Å²) >= 11 is 1.26. The Morgan fingerprint density at radius 1 is 1.23 bits per heavy atom. The molecule has 3 heterocycles. The van der Waals surface area contributed by atoms with E-state index in [1.165, 1.54) is 34.4 Å². The predicted molar refractivity (Wildman–Crippen MR) is 101 cm³/mol. The van der Waals surface area contributed by atoms with Crippen LogP contribution in [0.3, 0.4) is 0 Å². The molecule has 1 aliphatic heterocycles. The van der Waals surface area contributed by atoms with Crippen molar-refractivity contribution in [1.82, 2.24) is 24.9 Å². The van der Waals surface area contributed by atoms with Crippen molar-refractivity contribution in [3.05, 3.63) is 53.3 Å². The lowest BCUT2D eigenvalue weighted by molar-refractivity contribution is -0.137. The number of rotatable bonds is 4. The quantitative estimate of drug-likeness (QED) is 0.679. The van der Waals surface area contributed by atoms with Gasteiger partial charge >= 0.3 is 6.18 Å². The van der Waals surface area contributed by atoms with Gasteiger partial charge in [0.15, 0.2) is 10.8 Å². The third kappa shape index (κ3) is 3.90. The number of alkyl halides is 3. The lowest BCUT2D eigenvalue weighted by Crippen LogP contribution is -2.43. The molecule has 2 amide bonds. The zero-order chi connectivity index (χ0) is 21.3. The van der Waals surface area contributed by atoms with E-state index in [4.69, 9.17) is 0 Å². The molecule has 8 nitrogen and oxygen atoms in total. The number of para-hydroxylation sites is 1. The first kappa shape index (κ1) is 20.0. The van der Waals surface area contributed by atoms with E-state index >= 15 is 0 Å². The first-order valence-electron chi connectivity index (χ1n) is 8.95. The largest absolute Gasteiger partial charge is 0.418 e. The average Bonchev–Trinajstić information content (AvgIpc) is 3.47. The lowest BCUT2D eigenvalue weighted by Gasteiger charge is -2.22. The molecule has 1 unspecified atom stereocenters. The third-order valence-electron chi connectivity index (χ3n) is 4.65. The maximum Gasteiger partial charge on any atom is 0.418 e. The number of carbonyl (C=O) groups is 2. The van der Waals surface area contributed by atoms with Gasteiger partial charge in [-0.2, -0.15) is 13.2 Å². The molecule has 0 aliphatic carbocycles. The standard InChI is InChI=1S/C18H15F3N6O2S/c19-18(20,21)11-4-1-2-5-13(11)27-10-12(24-25-27)16(29)26-8-3-6-14(26)15(28)23-17-22-7-9-30-17/h1-2,4-5,7,9-10,14H,3,6,8H2,(H,22,23,28). The fraction of sp³-hybridized carbons (Fsp3) is 0.278. The molecule has 4 rings (SSSR count). The highest BCUT2D eigenvalue weighted by molar-refractivity contribution is 7.13. The van der Waals surface area contributed by atoms with Crippen LogP contribution >= 0.6 is 11.3 Å². The predicted octanol–water partition coefficient (Wildman–Crippen LogP) is 2.99. The molecule has 1 saturated heterocycles. The molecular weight excluding hydrogens is 421 g/mol. The van der Waals surface area contributed by atoms with Crippen LogP contribution in [0.25, 0.3) is 5.69 Å². The number of nitrogens with one attached hydrogen (secondary N) is 1. The summed E-state index contributed by atoms with van der Waals surface area (Å²) in [6, 6.07) is 4.16. The van der Waals surface area contributed by atoms with Crippen molar-refractivity contribution < 1.29 is 22.8 Å². The number of hydrogen-bond acceptors (Lipinski definition) is 6. The molecule has 1 aliphatic rings. The highest BCUT2D eigenvalue weighted by Gasteiger charge is 2.37. The van der Waals surface area contributed by atoms with Gasteiger partial charge in [0.05, 0.1) is 17.4 Å². The Morgan fingerprint density at radius 3 is 2.77 bits per heavy atom. The van der Waals surface area contributed by atoms with E-state index in [1.54, 1.807) is 11.6 Å². The number of amides is 2. The van der Waals surface area contributed by atoms with Crippen LogP contribution < -0.4 is 5.32 Å². The number of nitrogens with zero attached hydrogens (tertiary/aromatic N) is 5. The number of benzene rings is 1. The van der Waals surface area contributed by atoms with E-state index in [-0.39, 0.29) is 17.3 Å². The number of carbonyl (C=O) groups excluding carboxylic acids is 2. The Morgan fingerprint density at radius 2 is 2.03 bits per heavy atom. The molecule has 3 aromatic rings. The van der Waals surface area contributed by atoms with E-state index in [0.717, 1.165) is 16.9 Å². The maximum absolute atomic E-state index is 13.3. The second kappa shape index (κ2) is 7.86. The monoisotopic (exact) mass is 436 g/mol. The molecule has 1 fully saturated rings. The Kier molecular flexibility index (Phi) is 5.24. The van der Waals surface area contributed by atoms with Gasteiger partial charge in [0.2, 0.25) is 5.91 Å². The van der Waals surface area contributed by atoms with Crippen molar-refractivity contribution in [3.63, 3.8) is 0 Å². The van der Waals surface area contributed by atoms with Crippen molar-refractivity contribution in [3.8, 4) is 5.69 Å². The number of likely N-dealkylation sites (tertiary alicyclic amines) is 1. The van der Waals surface area contributed by atoms with Crippen molar-refractivity contribution in [1.29, 1.82) is 0 Å². The van der Waals surface area contributed by atoms with Crippen molar-refractivity contribution in [2.75, 3.05) is 11.9 Å². The Balaban J connectivity index is 1.55. The van der Waals surface area contributed by atoms with Crippen LogP contribution in [0, 0.1) is 0 Å². The minimum absolute atomic E-state index is 0.138. The van der Waals surface area contributed by atoms with Gasteiger partial charge in [-0.25, -0.2) is 9.67 Å². The van der Waals surface area contributed by atoms with E-state index in [2.05, 4.69) is 20.6 Å². The summed E-state index contributed by atoms with van der Waals surface area (Å²) < 4.78 is 40.7. The lowest BCUT2D eigenvalue weighted by atomic mass is 10.1. The molecule has 0 saturated carbocycles. The van der Waals surface area contributed by atoms with Gasteiger partial charge in [0, 0.05) is 18.1 Å². The number of hydrogen-bond donors (Lipinski definition) is 1. The molecule has 0 spiro atoms. The molecule has 0 radical (unpaired) electrons. The van der Waals surface area contributed by atoms with E-state index < -0.39 is 23.7 Å². The van der Waals surface area contributed by atoms with Crippen LogP contribution in [-0.4, -0.2) is 49.3 Å². The van der Waals surface area contributed by atoms with Gasteiger partial charge in [-0.15, -0.1) is 16.4 Å². The van der Waals surface area contributed by atoms with Crippen molar-refractivity contribution in [2.24, 2.45) is 0 Å². The smallest absolute Gasteiger partial charge is 0.325 e. The highest BCUT2D eigenvalue weighted by Crippen LogP contribution is 2.33. The number of thiazole rings is 1. The van der Waals surface area contributed by atoms with Crippen LogP contribution in [0.2, 0.25) is 0 Å². The average molecular weight is 436 g/mol. The summed E-state index contributed by atoms with van der Waals surface area (Å²) in [6.07, 6.45) is -0.808. The van der Waals surface area contributed by atoms with Gasteiger partial charge in [-0.05, 0) is 25.0 Å². The fourth-order valence-electron chi connectivity index (χ4n) is 3.30. The summed E-state index contributed by atoms with van der Waals surface area (Å²) in [6.45, 7) is 0.334. The molecule has 30 heavy (non-hydrogen) atoms. The van der Waals surface area contributed by atoms with Crippen molar-refractivity contribution in [2.45, 2.75) is 25.1 Å². The number of anilines is 1. The SMILES string of the molecule is O=C(Nc1nccs1)C1CCCN1C(=O)c1cn(-c2ccccc2C(F)(F)F)nn1. The highest BCUT2D eigenvalue weighted by atomic mass is 32.1. The van der Waals surface area contributed by atoms with E-state index in [1.807, 2.05) is 0 Å². The molecule has 1 atom stereocenters. The van der Waals surface area contributed by atoms with Gasteiger partial charge < -0.3 is 10.2 Å². The molecular formula is C18H15F3N6O2S. The van der Waals surface area contributed by atoms with Crippen LogP contribution in [0.4, 0.5) is 18.3 Å². The second-order valence-corrected chi connectivity index (χ2v) is 7.44. The Hall–Kier alpha value is -3.28. The van der Waals surface area contributed by atoms with Crippen molar-refractivity contribution >= 4 is 28.3 Å². The van der Waals surface area contributed by atoms with Gasteiger partial charge in [0.1, 0.15) is 6.04 Å². The fourth-order valence-corrected chi connectivity index (χ4v) is 3.83. The minimum Gasteiger partial charge on any atom is -0.325 e. The number of aromatic nitrogens is 4. The summed E-state index contributed by atoms with van der Waals surface area (Å²) in [4.78, 5) is 30.8. The molecule has 2 aromatic heterocycles. The molecule has 1 N–H and O–H groups in total. The first-order chi connectivity index (χ1) is 14.3. The maximum atomic E-state index is 13.3. The van der Waals surface area contributed by atoms with Crippen LogP contribution in [0.5, 0.6) is 0 Å². The Labute approximate surface area is 172 Å². The normalized spacial score (nSPS) is 16.6. The number of halogens is 3. The Bertz CT molecular complexity index is 1070. The molecule has 1 aromatic carbocycles. The van der Waals surface area contributed by atoms with Crippen LogP contribution in [0.1, 0.15) is 28.9 Å². The van der Waals surface area contributed by atoms with Gasteiger partial charge in [0.25, 0.3) is 5.91 Å². The zero-order valence-electron chi connectivity index (χ0n) is 15.3. The van der Waals surface area contributed by atoms with E-state index in [0.29, 0.717) is 24.5 Å². The topological polar surface area (TPSA) is 93.0 Å². The minimum atomic E-state index is -4.58. The van der Waals surface area contributed by atoms with Gasteiger partial charge in [-0.3, -0.25) is 9.59 Å². The van der Waals surface area contributed by atoms with E-state index in [9.17, 15) is 22.8 Å². The summed E-state index contributed by atoms with van der Waals surface area (Å²) in [5.74, 6) is -0.937.